The average molecular weight is 500 g/mol. The highest BCUT2D eigenvalue weighted by Crippen LogP contribution is 2.30. The number of hydrogen-bond acceptors (Lipinski definition) is 7. The van der Waals surface area contributed by atoms with Gasteiger partial charge in [0.15, 0.2) is 5.89 Å². The third kappa shape index (κ3) is 4.69. The molecule has 0 saturated carbocycles. The Morgan fingerprint density at radius 2 is 1.85 bits per heavy atom. The number of hydrogen-bond donors (Lipinski definition) is 0. The summed E-state index contributed by atoms with van der Waals surface area (Å²) in [5.74, 6) is 1.64. The zero-order chi connectivity index (χ0) is 24.6. The molecule has 4 heterocycles. The first kappa shape index (κ1) is 23.9. The molecule has 0 N–H and O–H groups in total. The van der Waals surface area contributed by atoms with Crippen LogP contribution in [0.5, 0.6) is 5.75 Å². The molecule has 0 unspecified atom stereocenters. The lowest BCUT2D eigenvalue weighted by molar-refractivity contribution is 0.300. The number of aromatic nitrogens is 5. The fourth-order valence-corrected chi connectivity index (χ4v) is 3.82. The molecule has 4 rings (SSSR count). The van der Waals surface area contributed by atoms with Crippen LogP contribution < -0.4 is 10.3 Å². The van der Waals surface area contributed by atoms with Gasteiger partial charge >= 0.3 is 0 Å². The van der Waals surface area contributed by atoms with E-state index in [0.29, 0.717) is 45.2 Å². The molecule has 0 saturated heterocycles. The van der Waals surface area contributed by atoms with Crippen LogP contribution >= 0.6 is 23.2 Å². The molecular weight excluding hydrogens is 477 g/mol. The molecule has 0 amide bonds. The van der Waals surface area contributed by atoms with Crippen molar-refractivity contribution in [2.75, 3.05) is 0 Å². The molecule has 176 valence electrons. The second-order valence-electron chi connectivity index (χ2n) is 8.19. The van der Waals surface area contributed by atoms with Crippen molar-refractivity contribution in [2.45, 2.75) is 47.1 Å². The lowest BCUT2D eigenvalue weighted by Gasteiger charge is -2.16. The zero-order valence-corrected chi connectivity index (χ0v) is 20.9. The van der Waals surface area contributed by atoms with E-state index < -0.39 is 5.56 Å². The van der Waals surface area contributed by atoms with Crippen LogP contribution in [-0.4, -0.2) is 24.5 Å². The maximum atomic E-state index is 13.2. The van der Waals surface area contributed by atoms with Gasteiger partial charge in [-0.2, -0.15) is 0 Å². The summed E-state index contributed by atoms with van der Waals surface area (Å²) >= 11 is 12.9. The number of aryl methyl sites for hydroxylation is 3. The Kier molecular flexibility index (Phi) is 6.72. The number of nitrogens with zero attached hydrogens (tertiary/aromatic N) is 5. The summed E-state index contributed by atoms with van der Waals surface area (Å²) < 4.78 is 12.3. The SMILES string of the molecule is Cc1nc(COc2cc(C)n(-c3cc(-c4nc(C(C)C)ncc4C)ncc3Cl)c(=O)c2Cl)co1. The van der Waals surface area contributed by atoms with Crippen LogP contribution in [0.2, 0.25) is 10.0 Å². The fourth-order valence-electron chi connectivity index (χ4n) is 3.43. The lowest BCUT2D eigenvalue weighted by atomic mass is 10.1. The molecule has 0 aliphatic heterocycles. The first-order valence-corrected chi connectivity index (χ1v) is 11.4. The Labute approximate surface area is 206 Å². The van der Waals surface area contributed by atoms with Crippen LogP contribution in [0.4, 0.5) is 0 Å². The summed E-state index contributed by atoms with van der Waals surface area (Å²) in [5.41, 5.74) is 3.27. The predicted molar refractivity (Wildman–Crippen MR) is 130 cm³/mol. The third-order valence-electron chi connectivity index (χ3n) is 5.17. The van der Waals surface area contributed by atoms with Gasteiger partial charge in [-0.3, -0.25) is 14.3 Å². The maximum Gasteiger partial charge on any atom is 0.277 e. The Morgan fingerprint density at radius 1 is 1.09 bits per heavy atom. The first-order valence-electron chi connectivity index (χ1n) is 10.6. The second kappa shape index (κ2) is 9.56. The van der Waals surface area contributed by atoms with E-state index in [0.717, 1.165) is 5.56 Å². The van der Waals surface area contributed by atoms with E-state index in [9.17, 15) is 4.79 Å². The fraction of sp³-hybridized carbons (Fsp3) is 0.292. The third-order valence-corrected chi connectivity index (χ3v) is 5.81. The summed E-state index contributed by atoms with van der Waals surface area (Å²) in [6, 6.07) is 3.41. The summed E-state index contributed by atoms with van der Waals surface area (Å²) in [5, 5.41) is 0.230. The van der Waals surface area contributed by atoms with E-state index in [4.69, 9.17) is 32.4 Å². The smallest absolute Gasteiger partial charge is 0.277 e. The van der Waals surface area contributed by atoms with Crippen LogP contribution in [-0.2, 0) is 6.61 Å². The van der Waals surface area contributed by atoms with Crippen LogP contribution in [0.1, 0.15) is 48.4 Å². The molecule has 0 bridgehead atoms. The van der Waals surface area contributed by atoms with Gasteiger partial charge in [0.05, 0.1) is 22.1 Å². The van der Waals surface area contributed by atoms with Crippen LogP contribution in [0.3, 0.4) is 0 Å². The second-order valence-corrected chi connectivity index (χ2v) is 8.97. The lowest BCUT2D eigenvalue weighted by Crippen LogP contribution is -2.22. The molecule has 0 aliphatic rings. The van der Waals surface area contributed by atoms with Gasteiger partial charge in [-0.25, -0.2) is 15.0 Å². The van der Waals surface area contributed by atoms with Crippen molar-refractivity contribution in [3.8, 4) is 22.8 Å². The molecule has 4 aromatic rings. The van der Waals surface area contributed by atoms with E-state index in [2.05, 4.69) is 19.9 Å². The standard InChI is InChI=1S/C24H23Cl2N5O3/c1-12(2)23-28-8-13(3)22(30-23)18-7-19(17(25)9-27-18)31-14(4)6-20(21(26)24(31)32)34-11-16-10-33-15(5)29-16/h6-10,12H,11H2,1-5H3. The normalized spacial score (nSPS) is 11.3. The largest absolute Gasteiger partial charge is 0.485 e. The van der Waals surface area contributed by atoms with E-state index >= 15 is 0 Å². The molecule has 4 aromatic heterocycles. The Hall–Kier alpha value is -3.23. The summed E-state index contributed by atoms with van der Waals surface area (Å²) in [6.07, 6.45) is 4.76. The van der Waals surface area contributed by atoms with Crippen LogP contribution in [0.15, 0.2) is 40.0 Å². The predicted octanol–water partition coefficient (Wildman–Crippen LogP) is 5.61. The monoisotopic (exact) mass is 499 g/mol. The van der Waals surface area contributed by atoms with Gasteiger partial charge in [-0.1, -0.05) is 37.0 Å². The minimum Gasteiger partial charge on any atom is -0.485 e. The van der Waals surface area contributed by atoms with Crippen molar-refractivity contribution < 1.29 is 9.15 Å². The van der Waals surface area contributed by atoms with Crippen molar-refractivity contribution in [3.63, 3.8) is 0 Å². The number of ether oxygens (including phenoxy) is 1. The molecule has 0 aliphatic carbocycles. The van der Waals surface area contributed by atoms with E-state index in [1.165, 1.54) is 17.0 Å². The van der Waals surface area contributed by atoms with Crippen molar-refractivity contribution in [2.24, 2.45) is 0 Å². The summed E-state index contributed by atoms with van der Waals surface area (Å²) in [7, 11) is 0. The van der Waals surface area contributed by atoms with E-state index in [1.807, 2.05) is 20.8 Å². The molecule has 0 aromatic carbocycles. The Balaban J connectivity index is 1.76. The van der Waals surface area contributed by atoms with Gasteiger partial charge in [0.2, 0.25) is 0 Å². The molecular formula is C24H23Cl2N5O3. The number of halogens is 2. The van der Waals surface area contributed by atoms with E-state index in [1.54, 1.807) is 32.2 Å². The molecule has 8 nitrogen and oxygen atoms in total. The highest BCUT2D eigenvalue weighted by Gasteiger charge is 2.19. The molecule has 0 spiro atoms. The van der Waals surface area contributed by atoms with Crippen molar-refractivity contribution in [1.29, 1.82) is 0 Å². The zero-order valence-electron chi connectivity index (χ0n) is 19.4. The molecule has 0 atom stereocenters. The van der Waals surface area contributed by atoms with Gasteiger partial charge in [0, 0.05) is 37.0 Å². The van der Waals surface area contributed by atoms with Crippen LogP contribution in [0.25, 0.3) is 17.1 Å². The summed E-state index contributed by atoms with van der Waals surface area (Å²) in [6.45, 7) is 9.58. The topological polar surface area (TPSA) is 95.9 Å². The van der Waals surface area contributed by atoms with Gasteiger partial charge in [0.1, 0.15) is 35.2 Å². The minimum atomic E-state index is -0.464. The molecule has 0 fully saturated rings. The number of pyridine rings is 2. The van der Waals surface area contributed by atoms with Crippen molar-refractivity contribution >= 4 is 23.2 Å². The van der Waals surface area contributed by atoms with Gasteiger partial charge in [0.25, 0.3) is 5.56 Å². The highest BCUT2D eigenvalue weighted by molar-refractivity contribution is 6.33. The Morgan fingerprint density at radius 3 is 2.53 bits per heavy atom. The molecule has 10 heteroatoms. The molecule has 34 heavy (non-hydrogen) atoms. The highest BCUT2D eigenvalue weighted by atomic mass is 35.5. The Bertz CT molecular complexity index is 1430. The molecule has 0 radical (unpaired) electrons. The van der Waals surface area contributed by atoms with Gasteiger partial charge in [-0.05, 0) is 25.5 Å². The minimum absolute atomic E-state index is 0.0689. The van der Waals surface area contributed by atoms with E-state index in [-0.39, 0.29) is 23.3 Å². The number of rotatable bonds is 6. The average Bonchev–Trinajstić information content (AvgIpc) is 3.22. The van der Waals surface area contributed by atoms with Crippen LogP contribution in [0, 0.1) is 20.8 Å². The first-order chi connectivity index (χ1) is 16.2. The maximum absolute atomic E-state index is 13.2. The van der Waals surface area contributed by atoms with Gasteiger partial charge in [-0.15, -0.1) is 0 Å². The quantitative estimate of drug-likeness (QED) is 0.339. The van der Waals surface area contributed by atoms with Gasteiger partial charge < -0.3 is 9.15 Å². The summed E-state index contributed by atoms with van der Waals surface area (Å²) in [4.78, 5) is 30.9. The van der Waals surface area contributed by atoms with Crippen molar-refractivity contribution in [1.82, 2.24) is 24.5 Å². The number of oxazole rings is 1. The van der Waals surface area contributed by atoms with Crippen molar-refractivity contribution in [3.05, 3.63) is 79.9 Å².